The van der Waals surface area contributed by atoms with E-state index in [0.29, 0.717) is 5.69 Å². The van der Waals surface area contributed by atoms with Gasteiger partial charge in [-0.3, -0.25) is 4.79 Å². The Morgan fingerprint density at radius 3 is 2.58 bits per heavy atom. The van der Waals surface area contributed by atoms with Gasteiger partial charge in [0.25, 0.3) is 5.91 Å². The molecule has 0 saturated carbocycles. The van der Waals surface area contributed by atoms with Crippen molar-refractivity contribution in [2.75, 3.05) is 18.2 Å². The van der Waals surface area contributed by atoms with E-state index in [-0.39, 0.29) is 10.6 Å². The standard InChI is InChI=1S/C16H15ClN2O5S2/c1-25-13-5-3-2-4-12(13)19-15(20)9-24-16(21)10-6-7-11(17)14(8-10)26(18,22)23/h2-8H,9H2,1H3,(H,19,20)(H2,18,22,23). The summed E-state index contributed by atoms with van der Waals surface area (Å²) in [6, 6.07) is 10.7. The molecule has 0 saturated heterocycles. The Morgan fingerprint density at radius 2 is 1.92 bits per heavy atom. The number of esters is 1. The van der Waals surface area contributed by atoms with E-state index in [1.54, 1.807) is 12.1 Å². The van der Waals surface area contributed by atoms with Crippen molar-refractivity contribution in [3.63, 3.8) is 0 Å². The molecular weight excluding hydrogens is 400 g/mol. The van der Waals surface area contributed by atoms with Crippen LogP contribution in [0.2, 0.25) is 5.02 Å². The lowest BCUT2D eigenvalue weighted by Gasteiger charge is -2.10. The Labute approximate surface area is 159 Å². The van der Waals surface area contributed by atoms with Crippen LogP contribution in [0.5, 0.6) is 0 Å². The molecule has 0 atom stereocenters. The van der Waals surface area contributed by atoms with Crippen molar-refractivity contribution >= 4 is 50.9 Å². The lowest BCUT2D eigenvalue weighted by Crippen LogP contribution is -2.21. The normalized spacial score (nSPS) is 11.0. The maximum atomic E-state index is 12.0. The number of carbonyl (C=O) groups is 2. The van der Waals surface area contributed by atoms with Crippen LogP contribution >= 0.6 is 23.4 Å². The van der Waals surface area contributed by atoms with Crippen LogP contribution in [-0.2, 0) is 19.6 Å². The highest BCUT2D eigenvalue weighted by Crippen LogP contribution is 2.24. The molecule has 0 fully saturated rings. The van der Waals surface area contributed by atoms with E-state index in [9.17, 15) is 18.0 Å². The summed E-state index contributed by atoms with van der Waals surface area (Å²) >= 11 is 7.21. The van der Waals surface area contributed by atoms with Crippen molar-refractivity contribution in [2.45, 2.75) is 9.79 Å². The molecule has 0 heterocycles. The van der Waals surface area contributed by atoms with Crippen molar-refractivity contribution in [2.24, 2.45) is 5.14 Å². The Hall–Kier alpha value is -2.07. The lowest BCUT2D eigenvalue weighted by atomic mass is 10.2. The van der Waals surface area contributed by atoms with Gasteiger partial charge in [0.15, 0.2) is 6.61 Å². The van der Waals surface area contributed by atoms with Crippen LogP contribution in [0.25, 0.3) is 0 Å². The molecule has 0 unspecified atom stereocenters. The zero-order chi connectivity index (χ0) is 19.3. The number of nitrogens with two attached hydrogens (primary N) is 1. The first-order chi connectivity index (χ1) is 12.2. The molecule has 2 aromatic carbocycles. The number of primary sulfonamides is 1. The molecule has 0 aliphatic heterocycles. The van der Waals surface area contributed by atoms with Crippen LogP contribution in [0.1, 0.15) is 10.4 Å². The Balaban J connectivity index is 2.04. The highest BCUT2D eigenvalue weighted by atomic mass is 35.5. The number of anilines is 1. The third-order valence-corrected chi connectivity index (χ3v) is 5.38. The van der Waals surface area contributed by atoms with E-state index in [1.165, 1.54) is 23.9 Å². The van der Waals surface area contributed by atoms with E-state index in [0.717, 1.165) is 11.0 Å². The fourth-order valence-electron chi connectivity index (χ4n) is 2.00. The molecule has 0 aliphatic rings. The number of thioether (sulfide) groups is 1. The molecular formula is C16H15ClN2O5S2. The molecule has 3 N–H and O–H groups in total. The molecule has 7 nitrogen and oxygen atoms in total. The number of carbonyl (C=O) groups excluding carboxylic acids is 2. The lowest BCUT2D eigenvalue weighted by molar-refractivity contribution is -0.119. The highest BCUT2D eigenvalue weighted by molar-refractivity contribution is 7.98. The second-order valence-electron chi connectivity index (χ2n) is 5.01. The summed E-state index contributed by atoms with van der Waals surface area (Å²) < 4.78 is 27.8. The number of sulfonamides is 1. The van der Waals surface area contributed by atoms with Gasteiger partial charge in [-0.15, -0.1) is 11.8 Å². The molecule has 0 radical (unpaired) electrons. The first-order valence-corrected chi connectivity index (χ1v) is 10.3. The summed E-state index contributed by atoms with van der Waals surface area (Å²) in [6.45, 7) is -0.533. The smallest absolute Gasteiger partial charge is 0.338 e. The number of benzene rings is 2. The topological polar surface area (TPSA) is 116 Å². The van der Waals surface area contributed by atoms with Gasteiger partial charge in [0.1, 0.15) is 4.90 Å². The molecule has 26 heavy (non-hydrogen) atoms. The van der Waals surface area contributed by atoms with Crippen molar-refractivity contribution in [3.05, 3.63) is 53.1 Å². The minimum absolute atomic E-state index is 0.0873. The van der Waals surface area contributed by atoms with Gasteiger partial charge in [0.2, 0.25) is 10.0 Å². The van der Waals surface area contributed by atoms with Gasteiger partial charge >= 0.3 is 5.97 Å². The van der Waals surface area contributed by atoms with Crippen molar-refractivity contribution in [1.82, 2.24) is 0 Å². The van der Waals surface area contributed by atoms with Crippen LogP contribution in [0.4, 0.5) is 5.69 Å². The molecule has 1 amide bonds. The average Bonchev–Trinajstić information content (AvgIpc) is 2.59. The van der Waals surface area contributed by atoms with Crippen LogP contribution < -0.4 is 10.5 Å². The molecule has 0 spiro atoms. The summed E-state index contributed by atoms with van der Waals surface area (Å²) in [7, 11) is -4.09. The maximum Gasteiger partial charge on any atom is 0.338 e. The molecule has 0 aliphatic carbocycles. The monoisotopic (exact) mass is 414 g/mol. The van der Waals surface area contributed by atoms with E-state index in [2.05, 4.69) is 5.32 Å². The predicted octanol–water partition coefficient (Wildman–Crippen LogP) is 2.50. The molecule has 138 valence electrons. The summed E-state index contributed by atoms with van der Waals surface area (Å²) in [5, 5.41) is 7.56. The number of para-hydroxylation sites is 1. The minimum Gasteiger partial charge on any atom is -0.452 e. The van der Waals surface area contributed by atoms with Crippen molar-refractivity contribution in [1.29, 1.82) is 0 Å². The van der Waals surface area contributed by atoms with E-state index in [1.807, 2.05) is 18.4 Å². The van der Waals surface area contributed by atoms with Gasteiger partial charge in [-0.2, -0.15) is 0 Å². The third-order valence-electron chi connectivity index (χ3n) is 3.19. The van der Waals surface area contributed by atoms with Gasteiger partial charge < -0.3 is 10.1 Å². The molecule has 2 aromatic rings. The minimum atomic E-state index is -4.09. The highest BCUT2D eigenvalue weighted by Gasteiger charge is 2.18. The quantitative estimate of drug-likeness (QED) is 0.554. The zero-order valence-electron chi connectivity index (χ0n) is 13.6. The number of amides is 1. The second-order valence-corrected chi connectivity index (χ2v) is 7.80. The zero-order valence-corrected chi connectivity index (χ0v) is 16.0. The summed E-state index contributed by atoms with van der Waals surface area (Å²) in [6.07, 6.45) is 1.87. The average molecular weight is 415 g/mol. The SMILES string of the molecule is CSc1ccccc1NC(=O)COC(=O)c1ccc(Cl)c(S(N)(=O)=O)c1. The molecule has 0 aromatic heterocycles. The summed E-state index contributed by atoms with van der Waals surface area (Å²) in [5.74, 6) is -1.40. The van der Waals surface area contributed by atoms with Crippen molar-refractivity contribution < 1.29 is 22.7 Å². The van der Waals surface area contributed by atoms with Gasteiger partial charge in [-0.05, 0) is 36.6 Å². The first kappa shape index (κ1) is 20.2. The summed E-state index contributed by atoms with van der Waals surface area (Å²) in [4.78, 5) is 24.5. The molecule has 2 rings (SSSR count). The van der Waals surface area contributed by atoms with E-state index in [4.69, 9.17) is 21.5 Å². The van der Waals surface area contributed by atoms with Crippen LogP contribution in [0.15, 0.2) is 52.3 Å². The Kier molecular flexibility index (Phi) is 6.65. The van der Waals surface area contributed by atoms with Crippen LogP contribution in [0.3, 0.4) is 0 Å². The Morgan fingerprint density at radius 1 is 1.23 bits per heavy atom. The fourth-order valence-corrected chi connectivity index (χ4v) is 3.62. The molecule has 0 bridgehead atoms. The fraction of sp³-hybridized carbons (Fsp3) is 0.125. The number of nitrogens with one attached hydrogen (secondary N) is 1. The summed E-state index contributed by atoms with van der Waals surface area (Å²) in [5.41, 5.74) is 0.514. The van der Waals surface area contributed by atoms with Gasteiger partial charge in [-0.1, -0.05) is 23.7 Å². The number of ether oxygens (including phenoxy) is 1. The number of hydrogen-bond acceptors (Lipinski definition) is 6. The third kappa shape index (κ3) is 5.21. The second kappa shape index (κ2) is 8.54. The van der Waals surface area contributed by atoms with E-state index >= 15 is 0 Å². The molecule has 10 heteroatoms. The van der Waals surface area contributed by atoms with E-state index < -0.39 is 33.4 Å². The largest absolute Gasteiger partial charge is 0.452 e. The van der Waals surface area contributed by atoms with Gasteiger partial charge in [0.05, 0.1) is 16.3 Å². The first-order valence-electron chi connectivity index (χ1n) is 7.14. The van der Waals surface area contributed by atoms with Crippen molar-refractivity contribution in [3.8, 4) is 0 Å². The number of halogens is 1. The predicted molar refractivity (Wildman–Crippen MR) is 100.0 cm³/mol. The number of hydrogen-bond donors (Lipinski definition) is 2. The number of rotatable bonds is 6. The Bertz CT molecular complexity index is 947. The van der Waals surface area contributed by atoms with Crippen LogP contribution in [-0.4, -0.2) is 33.2 Å². The van der Waals surface area contributed by atoms with Crippen LogP contribution in [0, 0.1) is 0 Å². The van der Waals surface area contributed by atoms with Gasteiger partial charge in [-0.25, -0.2) is 18.4 Å². The maximum absolute atomic E-state index is 12.0. The van der Waals surface area contributed by atoms with Gasteiger partial charge in [0, 0.05) is 4.90 Å².